The van der Waals surface area contributed by atoms with Crippen LogP contribution in [0.15, 0.2) is 12.7 Å². The monoisotopic (exact) mass is 523 g/mol. The molecule has 0 bridgehead atoms. The maximum Gasteiger partial charge on any atom is 0.410 e. The number of halogens is 1. The minimum Gasteiger partial charge on any atom is -0.445 e. The third-order valence-corrected chi connectivity index (χ3v) is 7.51. The van der Waals surface area contributed by atoms with Crippen molar-refractivity contribution >= 4 is 35.4 Å². The number of carbonyl (C=O) groups is 2. The molecule has 10 atom stereocenters. The van der Waals surface area contributed by atoms with E-state index >= 15 is 0 Å². The molecule has 0 saturated carbocycles. The molecule has 13 heteroatoms. The van der Waals surface area contributed by atoms with Gasteiger partial charge in [-0.05, 0) is 13.2 Å². The lowest BCUT2D eigenvalue weighted by Gasteiger charge is -2.44. The normalized spacial score (nSPS) is 37.8. The summed E-state index contributed by atoms with van der Waals surface area (Å²) >= 11 is 7.54. The van der Waals surface area contributed by atoms with Crippen molar-refractivity contribution in [1.29, 1.82) is 0 Å². The van der Waals surface area contributed by atoms with Crippen molar-refractivity contribution in [3.05, 3.63) is 12.7 Å². The van der Waals surface area contributed by atoms with Crippen LogP contribution in [0, 0.1) is 5.92 Å². The molecular formula is C21H34ClN3O8S. The van der Waals surface area contributed by atoms with Gasteiger partial charge < -0.3 is 45.1 Å². The molecule has 0 spiro atoms. The van der Waals surface area contributed by atoms with Gasteiger partial charge in [0.05, 0.1) is 24.1 Å². The Morgan fingerprint density at radius 3 is 2.74 bits per heavy atom. The zero-order valence-electron chi connectivity index (χ0n) is 19.2. The van der Waals surface area contributed by atoms with Gasteiger partial charge in [0, 0.05) is 25.6 Å². The third kappa shape index (κ3) is 5.98. The van der Waals surface area contributed by atoms with Gasteiger partial charge in [0.1, 0.15) is 42.5 Å². The van der Waals surface area contributed by atoms with Crippen LogP contribution in [0.4, 0.5) is 4.79 Å². The molecule has 0 aromatic heterocycles. The van der Waals surface area contributed by atoms with Gasteiger partial charge in [-0.1, -0.05) is 12.7 Å². The number of hydrogen-bond donors (Lipinski definition) is 5. The summed E-state index contributed by atoms with van der Waals surface area (Å²) in [5.41, 5.74) is -0.788. The molecule has 3 aliphatic heterocycles. The molecule has 3 saturated heterocycles. The molecular weight excluding hydrogens is 490 g/mol. The first-order valence-electron chi connectivity index (χ1n) is 11.2. The summed E-state index contributed by atoms with van der Waals surface area (Å²) in [5.74, 6) is -0.527. The molecule has 11 nitrogen and oxygen atoms in total. The molecule has 0 aromatic rings. The van der Waals surface area contributed by atoms with Crippen LogP contribution in [-0.4, -0.2) is 125 Å². The Kier molecular flexibility index (Phi) is 9.87. The van der Waals surface area contributed by atoms with Crippen molar-refractivity contribution in [1.82, 2.24) is 15.5 Å². The zero-order chi connectivity index (χ0) is 25.0. The summed E-state index contributed by atoms with van der Waals surface area (Å²) in [6, 6.07) is -1.56. The van der Waals surface area contributed by atoms with Gasteiger partial charge in [-0.3, -0.25) is 4.79 Å². The first-order valence-corrected chi connectivity index (χ1v) is 13.0. The number of rotatable bonds is 7. The number of carbonyl (C=O) groups excluding carboxylic acids is 2. The molecule has 0 aromatic carbocycles. The summed E-state index contributed by atoms with van der Waals surface area (Å²) < 4.78 is 16.9. The van der Waals surface area contributed by atoms with Crippen molar-refractivity contribution in [2.75, 3.05) is 39.1 Å². The number of nitrogens with one attached hydrogen (secondary N) is 2. The van der Waals surface area contributed by atoms with Gasteiger partial charge in [-0.2, -0.15) is 0 Å². The van der Waals surface area contributed by atoms with Crippen molar-refractivity contribution in [2.45, 2.75) is 60.3 Å². The SMILES string of the molecule is C=CCOC(=O)N1CCO[C@@H]2[C@H](CN[C@@H]2C(=O)N[C@H]([C@H](C)Cl)[C@@H]2OC(SC)[C@H](O)C(O)C2O)C1. The number of aliphatic hydroxyl groups excluding tert-OH is 3. The lowest BCUT2D eigenvalue weighted by atomic mass is 9.92. The van der Waals surface area contributed by atoms with E-state index in [1.807, 2.05) is 0 Å². The van der Waals surface area contributed by atoms with Gasteiger partial charge >= 0.3 is 6.09 Å². The standard InChI is InChI=1S/C21H34ClN3O8S/c1-4-6-32-21(30)25-5-7-31-17-11(9-25)8-23-13(17)19(29)24-12(10(2)22)18-15(27)14(26)16(28)20(33-18)34-3/h4,10-18,20,23,26-28H,1,5-9H2,2-3H3,(H,24,29)/t10-,11+,12+,13-,14?,15?,16+,17+,18-,20?/m0/s1. The van der Waals surface area contributed by atoms with E-state index in [4.69, 9.17) is 25.8 Å². The Balaban J connectivity index is 1.67. The number of aliphatic hydroxyl groups is 3. The topological polar surface area (TPSA) is 150 Å². The molecule has 3 unspecified atom stereocenters. The minimum atomic E-state index is -1.45. The third-order valence-electron chi connectivity index (χ3n) is 6.38. The van der Waals surface area contributed by atoms with E-state index in [0.717, 1.165) is 0 Å². The summed E-state index contributed by atoms with van der Waals surface area (Å²) in [7, 11) is 0. The average Bonchev–Trinajstić information content (AvgIpc) is 3.09. The van der Waals surface area contributed by atoms with E-state index in [2.05, 4.69) is 17.2 Å². The van der Waals surface area contributed by atoms with Gasteiger partial charge in [-0.25, -0.2) is 4.79 Å². The van der Waals surface area contributed by atoms with Crippen molar-refractivity contribution < 1.29 is 39.1 Å². The van der Waals surface area contributed by atoms with Gasteiger partial charge in [0.25, 0.3) is 0 Å². The highest BCUT2D eigenvalue weighted by atomic mass is 35.5. The second-order valence-corrected chi connectivity index (χ2v) is 10.3. The van der Waals surface area contributed by atoms with E-state index in [9.17, 15) is 24.9 Å². The summed E-state index contributed by atoms with van der Waals surface area (Å²) in [5, 5.41) is 36.3. The molecule has 0 radical (unpaired) electrons. The van der Waals surface area contributed by atoms with Crippen LogP contribution in [0.2, 0.25) is 0 Å². The Labute approximate surface area is 208 Å². The molecule has 2 amide bonds. The molecule has 3 heterocycles. The largest absolute Gasteiger partial charge is 0.445 e. The molecule has 194 valence electrons. The average molecular weight is 524 g/mol. The molecule has 5 N–H and O–H groups in total. The molecule has 3 aliphatic rings. The second-order valence-electron chi connectivity index (χ2n) is 8.68. The first-order chi connectivity index (χ1) is 16.2. The number of nitrogens with zero attached hydrogens (tertiary/aromatic N) is 1. The Bertz CT molecular complexity index is 732. The van der Waals surface area contributed by atoms with Crippen LogP contribution in [0.1, 0.15) is 6.92 Å². The van der Waals surface area contributed by atoms with Gasteiger partial charge in [0.15, 0.2) is 0 Å². The van der Waals surface area contributed by atoms with Crippen molar-refractivity contribution in [3.63, 3.8) is 0 Å². The predicted octanol–water partition coefficient (Wildman–Crippen LogP) is -1.12. The van der Waals surface area contributed by atoms with Crippen LogP contribution >= 0.6 is 23.4 Å². The van der Waals surface area contributed by atoms with Gasteiger partial charge in [-0.15, -0.1) is 23.4 Å². The maximum absolute atomic E-state index is 13.2. The lowest BCUT2D eigenvalue weighted by molar-refractivity contribution is -0.205. The quantitative estimate of drug-likeness (QED) is 0.205. The predicted molar refractivity (Wildman–Crippen MR) is 126 cm³/mol. The molecule has 34 heavy (non-hydrogen) atoms. The van der Waals surface area contributed by atoms with E-state index in [0.29, 0.717) is 19.6 Å². The Hall–Kier alpha value is -1.12. The van der Waals surface area contributed by atoms with Crippen LogP contribution in [0.5, 0.6) is 0 Å². The highest BCUT2D eigenvalue weighted by Crippen LogP contribution is 2.31. The van der Waals surface area contributed by atoms with E-state index in [-0.39, 0.29) is 19.1 Å². The fourth-order valence-corrected chi connectivity index (χ4v) is 5.45. The fraction of sp³-hybridized carbons (Fsp3) is 0.810. The summed E-state index contributed by atoms with van der Waals surface area (Å²) in [6.07, 6.45) is -2.94. The maximum atomic E-state index is 13.2. The number of fused-ring (bicyclic) bond motifs is 1. The summed E-state index contributed by atoms with van der Waals surface area (Å²) in [6.45, 7) is 6.71. The summed E-state index contributed by atoms with van der Waals surface area (Å²) in [4.78, 5) is 27.1. The number of hydrogen-bond acceptors (Lipinski definition) is 10. The van der Waals surface area contributed by atoms with Crippen LogP contribution < -0.4 is 10.6 Å². The van der Waals surface area contributed by atoms with Crippen LogP contribution in [-0.2, 0) is 19.0 Å². The van der Waals surface area contributed by atoms with Crippen LogP contribution in [0.25, 0.3) is 0 Å². The smallest absolute Gasteiger partial charge is 0.410 e. The highest BCUT2D eigenvalue weighted by Gasteiger charge is 2.49. The Morgan fingerprint density at radius 1 is 1.35 bits per heavy atom. The number of thioether (sulfide) groups is 1. The number of alkyl halides is 1. The molecule has 0 aliphatic carbocycles. The second kappa shape index (κ2) is 12.2. The molecule has 3 rings (SSSR count). The van der Waals surface area contributed by atoms with Gasteiger partial charge in [0.2, 0.25) is 5.91 Å². The fourth-order valence-electron chi connectivity index (χ4n) is 4.56. The molecule has 3 fully saturated rings. The van der Waals surface area contributed by atoms with E-state index < -0.39 is 65.4 Å². The van der Waals surface area contributed by atoms with Crippen molar-refractivity contribution in [2.24, 2.45) is 5.92 Å². The van der Waals surface area contributed by atoms with Crippen LogP contribution in [0.3, 0.4) is 0 Å². The minimum absolute atomic E-state index is 0.115. The number of amides is 2. The Morgan fingerprint density at radius 2 is 2.09 bits per heavy atom. The van der Waals surface area contributed by atoms with Crippen molar-refractivity contribution in [3.8, 4) is 0 Å². The zero-order valence-corrected chi connectivity index (χ0v) is 20.8. The number of ether oxygens (including phenoxy) is 3. The van der Waals surface area contributed by atoms with E-state index in [1.165, 1.54) is 17.8 Å². The highest BCUT2D eigenvalue weighted by molar-refractivity contribution is 7.99. The first kappa shape index (κ1) is 27.5. The lowest BCUT2D eigenvalue weighted by Crippen LogP contribution is -2.65. The van der Waals surface area contributed by atoms with E-state index in [1.54, 1.807) is 18.1 Å².